The lowest BCUT2D eigenvalue weighted by molar-refractivity contribution is -0.137. The van der Waals surface area contributed by atoms with Crippen LogP contribution < -0.4 is 5.32 Å². The Bertz CT molecular complexity index is 383. The summed E-state index contributed by atoms with van der Waals surface area (Å²) in [5.74, 6) is 0. The normalized spacial score (nSPS) is 21.4. The molecule has 0 amide bonds. The number of rotatable bonds is 1. The molecule has 0 bridgehead atoms. The van der Waals surface area contributed by atoms with Gasteiger partial charge < -0.3 is 5.32 Å². The van der Waals surface area contributed by atoms with Crippen LogP contribution in [-0.4, -0.2) is 6.54 Å². The second-order valence-electron chi connectivity index (χ2n) is 3.92. The minimum atomic E-state index is -4.28. The monoisotopic (exact) mass is 293 g/mol. The summed E-state index contributed by atoms with van der Waals surface area (Å²) >= 11 is 3.12. The molecule has 16 heavy (non-hydrogen) atoms. The van der Waals surface area contributed by atoms with Crippen molar-refractivity contribution in [2.24, 2.45) is 0 Å². The summed E-state index contributed by atoms with van der Waals surface area (Å²) in [5, 5.41) is 3.19. The number of hydrogen-bond acceptors (Lipinski definition) is 1. The van der Waals surface area contributed by atoms with Crippen molar-refractivity contribution in [3.63, 3.8) is 0 Å². The zero-order valence-corrected chi connectivity index (χ0v) is 10.0. The molecule has 0 saturated carbocycles. The third kappa shape index (κ3) is 2.58. The molecule has 1 fully saturated rings. The lowest BCUT2D eigenvalue weighted by Gasteiger charge is -2.14. The van der Waals surface area contributed by atoms with Gasteiger partial charge in [0.25, 0.3) is 0 Å². The van der Waals surface area contributed by atoms with Crippen LogP contribution in [0.25, 0.3) is 0 Å². The van der Waals surface area contributed by atoms with Gasteiger partial charge in [0, 0.05) is 10.5 Å². The zero-order valence-electron chi connectivity index (χ0n) is 8.44. The van der Waals surface area contributed by atoms with E-state index in [0.717, 1.165) is 25.5 Å². The van der Waals surface area contributed by atoms with Gasteiger partial charge in [0.1, 0.15) is 0 Å². The maximum absolute atomic E-state index is 12.6. The third-order valence-electron chi connectivity index (χ3n) is 2.71. The lowest BCUT2D eigenvalue weighted by Crippen LogP contribution is -2.14. The molecular formula is C11H11BrF3N. The lowest BCUT2D eigenvalue weighted by atomic mass is 10.0. The fourth-order valence-electron chi connectivity index (χ4n) is 1.95. The Morgan fingerprint density at radius 3 is 2.56 bits per heavy atom. The zero-order chi connectivity index (χ0) is 11.8. The van der Waals surface area contributed by atoms with E-state index in [-0.39, 0.29) is 6.04 Å². The third-order valence-corrected chi connectivity index (χ3v) is 3.17. The van der Waals surface area contributed by atoms with E-state index in [9.17, 15) is 13.2 Å². The van der Waals surface area contributed by atoms with Crippen molar-refractivity contribution in [3.05, 3.63) is 33.8 Å². The number of hydrogen-bond donors (Lipinski definition) is 1. The molecule has 0 aromatic heterocycles. The highest BCUT2D eigenvalue weighted by molar-refractivity contribution is 9.10. The van der Waals surface area contributed by atoms with Crippen LogP contribution in [0.5, 0.6) is 0 Å². The molecule has 1 aromatic rings. The minimum Gasteiger partial charge on any atom is -0.310 e. The molecule has 1 aromatic carbocycles. The molecule has 0 aliphatic carbocycles. The molecule has 88 valence electrons. The topological polar surface area (TPSA) is 12.0 Å². The summed E-state index contributed by atoms with van der Waals surface area (Å²) in [6.45, 7) is 0.874. The fourth-order valence-corrected chi connectivity index (χ4v) is 2.46. The standard InChI is InChI=1S/C11H11BrF3N/c12-9-5-7(10-2-1-3-16-10)4-8(6-9)11(13,14)15/h4-6,10,16H,1-3H2/t10-/m1/s1. The number of halogens is 4. The molecule has 1 saturated heterocycles. The van der Waals surface area contributed by atoms with E-state index in [4.69, 9.17) is 0 Å². The van der Waals surface area contributed by atoms with Crippen LogP contribution in [0.1, 0.15) is 30.0 Å². The Kier molecular flexibility index (Phi) is 3.26. The molecule has 1 heterocycles. The van der Waals surface area contributed by atoms with Crippen molar-refractivity contribution >= 4 is 15.9 Å². The van der Waals surface area contributed by atoms with Gasteiger partial charge in [0.2, 0.25) is 0 Å². The van der Waals surface area contributed by atoms with Gasteiger partial charge in [-0.25, -0.2) is 0 Å². The summed E-state index contributed by atoms with van der Waals surface area (Å²) in [5.41, 5.74) is 0.116. The molecule has 1 aliphatic rings. The first-order chi connectivity index (χ1) is 7.47. The summed E-state index contributed by atoms with van der Waals surface area (Å²) < 4.78 is 38.3. The summed E-state index contributed by atoms with van der Waals surface area (Å²) in [6.07, 6.45) is -2.37. The van der Waals surface area contributed by atoms with Crippen molar-refractivity contribution in [1.82, 2.24) is 5.32 Å². The van der Waals surface area contributed by atoms with E-state index in [0.29, 0.717) is 10.0 Å². The summed E-state index contributed by atoms with van der Waals surface area (Å²) in [7, 11) is 0. The van der Waals surface area contributed by atoms with Crippen LogP contribution in [0.2, 0.25) is 0 Å². The van der Waals surface area contributed by atoms with Gasteiger partial charge in [-0.1, -0.05) is 15.9 Å². The van der Waals surface area contributed by atoms with Crippen molar-refractivity contribution in [3.8, 4) is 0 Å². The van der Waals surface area contributed by atoms with Crippen LogP contribution in [-0.2, 0) is 6.18 Å². The Morgan fingerprint density at radius 1 is 1.25 bits per heavy atom. The molecule has 2 rings (SSSR count). The molecular weight excluding hydrogens is 283 g/mol. The van der Waals surface area contributed by atoms with Gasteiger partial charge in [0.15, 0.2) is 0 Å². The first-order valence-electron chi connectivity index (χ1n) is 5.08. The maximum Gasteiger partial charge on any atom is 0.416 e. The Morgan fingerprint density at radius 2 is 2.00 bits per heavy atom. The predicted molar refractivity (Wildman–Crippen MR) is 59.1 cm³/mol. The molecule has 0 unspecified atom stereocenters. The Balaban J connectivity index is 2.35. The van der Waals surface area contributed by atoms with Crippen molar-refractivity contribution in [1.29, 1.82) is 0 Å². The van der Waals surface area contributed by atoms with E-state index in [1.165, 1.54) is 6.07 Å². The highest BCUT2D eigenvalue weighted by Gasteiger charge is 2.32. The van der Waals surface area contributed by atoms with Gasteiger partial charge in [-0.2, -0.15) is 13.2 Å². The highest BCUT2D eigenvalue weighted by Crippen LogP contribution is 2.34. The van der Waals surface area contributed by atoms with E-state index < -0.39 is 11.7 Å². The van der Waals surface area contributed by atoms with Gasteiger partial charge in [-0.3, -0.25) is 0 Å². The predicted octanol–water partition coefficient (Wildman–Crippen LogP) is 3.89. The van der Waals surface area contributed by atoms with Crippen LogP contribution >= 0.6 is 15.9 Å². The molecule has 0 spiro atoms. The van der Waals surface area contributed by atoms with Crippen molar-refractivity contribution in [2.45, 2.75) is 25.1 Å². The highest BCUT2D eigenvalue weighted by atomic mass is 79.9. The van der Waals surface area contributed by atoms with Gasteiger partial charge in [-0.05, 0) is 43.1 Å². The van der Waals surface area contributed by atoms with Crippen LogP contribution in [0.4, 0.5) is 13.2 Å². The molecule has 1 N–H and O–H groups in total. The van der Waals surface area contributed by atoms with E-state index in [1.807, 2.05) is 0 Å². The molecule has 0 radical (unpaired) electrons. The molecule has 1 atom stereocenters. The smallest absolute Gasteiger partial charge is 0.310 e. The Hall–Kier alpha value is -0.550. The van der Waals surface area contributed by atoms with Gasteiger partial charge >= 0.3 is 6.18 Å². The largest absolute Gasteiger partial charge is 0.416 e. The van der Waals surface area contributed by atoms with Crippen LogP contribution in [0.3, 0.4) is 0 Å². The fraction of sp³-hybridized carbons (Fsp3) is 0.455. The summed E-state index contributed by atoms with van der Waals surface area (Å²) in [6, 6.07) is 4.14. The molecule has 5 heteroatoms. The van der Waals surface area contributed by atoms with Crippen molar-refractivity contribution in [2.75, 3.05) is 6.54 Å². The summed E-state index contributed by atoms with van der Waals surface area (Å²) in [4.78, 5) is 0. The number of alkyl halides is 3. The van der Waals surface area contributed by atoms with Crippen LogP contribution in [0.15, 0.2) is 22.7 Å². The van der Waals surface area contributed by atoms with Crippen molar-refractivity contribution < 1.29 is 13.2 Å². The van der Waals surface area contributed by atoms with Gasteiger partial charge in [0.05, 0.1) is 5.56 Å². The first kappa shape index (κ1) is 11.9. The Labute approximate surface area is 100 Å². The van der Waals surface area contributed by atoms with E-state index in [2.05, 4.69) is 21.2 Å². The molecule has 1 nitrogen and oxygen atoms in total. The van der Waals surface area contributed by atoms with Gasteiger partial charge in [-0.15, -0.1) is 0 Å². The van der Waals surface area contributed by atoms with E-state index >= 15 is 0 Å². The minimum absolute atomic E-state index is 0.0543. The number of benzene rings is 1. The second kappa shape index (κ2) is 4.37. The maximum atomic E-state index is 12.6. The second-order valence-corrected chi connectivity index (χ2v) is 4.84. The van der Waals surface area contributed by atoms with E-state index in [1.54, 1.807) is 6.07 Å². The first-order valence-corrected chi connectivity index (χ1v) is 5.87. The number of nitrogens with one attached hydrogen (secondary N) is 1. The average molecular weight is 294 g/mol. The average Bonchev–Trinajstić information content (AvgIpc) is 2.68. The quantitative estimate of drug-likeness (QED) is 0.828. The van der Waals surface area contributed by atoms with Crippen LogP contribution in [0, 0.1) is 0 Å². The SMILES string of the molecule is FC(F)(F)c1cc(Br)cc([C@H]2CCCN2)c1. The molecule has 1 aliphatic heterocycles.